The monoisotopic (exact) mass is 208 g/mol. The molecule has 0 saturated heterocycles. The Morgan fingerprint density at radius 3 is 2.64 bits per heavy atom. The third-order valence-electron chi connectivity index (χ3n) is 2.00. The highest BCUT2D eigenvalue weighted by Crippen LogP contribution is 2.31. The summed E-state index contributed by atoms with van der Waals surface area (Å²) in [4.78, 5) is 0. The van der Waals surface area contributed by atoms with Crippen molar-refractivity contribution in [3.05, 3.63) is 53.5 Å². The van der Waals surface area contributed by atoms with Crippen LogP contribution in [-0.2, 0) is 9.47 Å². The molecule has 0 aliphatic carbocycles. The lowest BCUT2D eigenvalue weighted by molar-refractivity contribution is -0.0247. The lowest BCUT2D eigenvalue weighted by atomic mass is 10.1. The number of halogens is 1. The van der Waals surface area contributed by atoms with Crippen LogP contribution in [0.1, 0.15) is 17.4 Å². The van der Waals surface area contributed by atoms with E-state index in [9.17, 15) is 0 Å². The molecule has 0 saturated carbocycles. The van der Waals surface area contributed by atoms with Crippen molar-refractivity contribution in [2.24, 2.45) is 0 Å². The van der Waals surface area contributed by atoms with Crippen LogP contribution in [0.25, 0.3) is 6.08 Å². The first kappa shape index (κ1) is 9.16. The summed E-state index contributed by atoms with van der Waals surface area (Å²) >= 11 is 6.01. The Kier molecular flexibility index (Phi) is 2.46. The Balaban J connectivity index is 2.41. The van der Waals surface area contributed by atoms with Crippen molar-refractivity contribution in [2.45, 2.75) is 6.29 Å². The van der Waals surface area contributed by atoms with Gasteiger partial charge in [0.25, 0.3) is 6.29 Å². The van der Waals surface area contributed by atoms with Crippen LogP contribution >= 0.6 is 11.6 Å². The molecule has 1 heterocycles. The molecule has 0 unspecified atom stereocenters. The molecule has 0 fully saturated rings. The summed E-state index contributed by atoms with van der Waals surface area (Å²) < 4.78 is 10.5. The Labute approximate surface area is 87.4 Å². The maximum atomic E-state index is 6.01. The van der Waals surface area contributed by atoms with Crippen molar-refractivity contribution in [2.75, 3.05) is 0 Å². The van der Waals surface area contributed by atoms with E-state index in [1.165, 1.54) is 12.5 Å². The van der Waals surface area contributed by atoms with Gasteiger partial charge in [0.05, 0.1) is 0 Å². The highest BCUT2D eigenvalue weighted by Gasteiger charge is 2.19. The number of hydrogen-bond acceptors (Lipinski definition) is 2. The minimum absolute atomic E-state index is 0.401. The second-order valence-corrected chi connectivity index (χ2v) is 3.23. The zero-order chi connectivity index (χ0) is 9.97. The first-order chi connectivity index (χ1) is 6.83. The van der Waals surface area contributed by atoms with Gasteiger partial charge in [-0.1, -0.05) is 36.4 Å². The molecular weight excluding hydrogens is 200 g/mol. The smallest absolute Gasteiger partial charge is 0.266 e. The van der Waals surface area contributed by atoms with E-state index in [1.807, 2.05) is 18.2 Å². The largest absolute Gasteiger partial charge is 0.455 e. The molecule has 3 heteroatoms. The van der Waals surface area contributed by atoms with Crippen LogP contribution in [-0.4, -0.2) is 0 Å². The predicted octanol–water partition coefficient (Wildman–Crippen LogP) is 3.50. The lowest BCUT2D eigenvalue weighted by Gasteiger charge is -2.13. The zero-order valence-corrected chi connectivity index (χ0v) is 8.20. The third-order valence-corrected chi connectivity index (χ3v) is 2.33. The van der Waals surface area contributed by atoms with Crippen LogP contribution in [0.15, 0.2) is 37.3 Å². The quantitative estimate of drug-likeness (QED) is 0.741. The average Bonchev–Trinajstić information content (AvgIpc) is 2.70. The van der Waals surface area contributed by atoms with E-state index in [0.717, 1.165) is 11.1 Å². The van der Waals surface area contributed by atoms with Crippen molar-refractivity contribution in [3.63, 3.8) is 0 Å². The summed E-state index contributed by atoms with van der Waals surface area (Å²) in [5.74, 6) is 0. The van der Waals surface area contributed by atoms with Crippen LogP contribution in [0.3, 0.4) is 0 Å². The molecule has 1 aliphatic heterocycles. The van der Waals surface area contributed by atoms with Gasteiger partial charge in [-0.25, -0.2) is 0 Å². The van der Waals surface area contributed by atoms with E-state index in [2.05, 4.69) is 6.58 Å². The summed E-state index contributed by atoms with van der Waals surface area (Å²) in [6.45, 7) is 3.71. The molecule has 1 aliphatic rings. The topological polar surface area (TPSA) is 18.5 Å². The molecule has 2 rings (SSSR count). The standard InChI is InChI=1S/C11H9ClO2/c1-2-8-9(4-3-5-10(8)12)11-13-6-7-14-11/h2-7,11H,1H2. The van der Waals surface area contributed by atoms with Crippen molar-refractivity contribution >= 4 is 17.7 Å². The van der Waals surface area contributed by atoms with Gasteiger partial charge in [-0.2, -0.15) is 0 Å². The van der Waals surface area contributed by atoms with Crippen LogP contribution in [0.4, 0.5) is 0 Å². The zero-order valence-electron chi connectivity index (χ0n) is 7.44. The SMILES string of the molecule is C=Cc1c(Cl)cccc1C1OC=CO1. The van der Waals surface area contributed by atoms with Gasteiger partial charge in [-0.05, 0) is 6.07 Å². The van der Waals surface area contributed by atoms with Gasteiger partial charge in [-0.15, -0.1) is 0 Å². The Hall–Kier alpha value is -1.41. The fourth-order valence-electron chi connectivity index (χ4n) is 1.36. The van der Waals surface area contributed by atoms with E-state index in [0.29, 0.717) is 5.02 Å². The molecule has 0 amide bonds. The van der Waals surface area contributed by atoms with E-state index < -0.39 is 6.29 Å². The summed E-state index contributed by atoms with van der Waals surface area (Å²) in [6, 6.07) is 5.57. The highest BCUT2D eigenvalue weighted by molar-refractivity contribution is 6.32. The Morgan fingerprint density at radius 1 is 1.29 bits per heavy atom. The molecule has 1 aromatic carbocycles. The number of benzene rings is 1. The molecule has 0 N–H and O–H groups in total. The highest BCUT2D eigenvalue weighted by atomic mass is 35.5. The first-order valence-electron chi connectivity index (χ1n) is 4.19. The first-order valence-corrected chi connectivity index (χ1v) is 4.57. The van der Waals surface area contributed by atoms with Crippen LogP contribution in [0.2, 0.25) is 5.02 Å². The Morgan fingerprint density at radius 2 is 2.00 bits per heavy atom. The maximum absolute atomic E-state index is 6.01. The molecule has 0 aromatic heterocycles. The van der Waals surface area contributed by atoms with Crippen molar-refractivity contribution in [1.82, 2.24) is 0 Å². The number of rotatable bonds is 2. The minimum atomic E-state index is -0.401. The number of ether oxygens (including phenoxy) is 2. The molecular formula is C11H9ClO2. The predicted molar refractivity (Wildman–Crippen MR) is 55.6 cm³/mol. The molecule has 0 radical (unpaired) electrons. The van der Waals surface area contributed by atoms with Crippen LogP contribution in [0, 0.1) is 0 Å². The Bertz CT molecular complexity index is 377. The molecule has 0 atom stereocenters. The van der Waals surface area contributed by atoms with Crippen LogP contribution < -0.4 is 0 Å². The van der Waals surface area contributed by atoms with Gasteiger partial charge >= 0.3 is 0 Å². The second kappa shape index (κ2) is 3.76. The van der Waals surface area contributed by atoms with E-state index >= 15 is 0 Å². The van der Waals surface area contributed by atoms with E-state index in [-0.39, 0.29) is 0 Å². The van der Waals surface area contributed by atoms with Gasteiger partial charge in [0.2, 0.25) is 0 Å². The summed E-state index contributed by atoms with van der Waals surface area (Å²) in [5, 5.41) is 0.650. The maximum Gasteiger partial charge on any atom is 0.266 e. The van der Waals surface area contributed by atoms with Crippen LogP contribution in [0.5, 0.6) is 0 Å². The third kappa shape index (κ3) is 1.49. The van der Waals surface area contributed by atoms with Gasteiger partial charge in [0, 0.05) is 16.1 Å². The molecule has 1 aromatic rings. The fraction of sp³-hybridized carbons (Fsp3) is 0.0909. The lowest BCUT2D eigenvalue weighted by Crippen LogP contribution is -2.00. The normalized spacial score (nSPS) is 14.9. The number of hydrogen-bond donors (Lipinski definition) is 0. The van der Waals surface area contributed by atoms with Gasteiger partial charge in [0.1, 0.15) is 12.5 Å². The van der Waals surface area contributed by atoms with Gasteiger partial charge in [-0.3, -0.25) is 0 Å². The molecule has 2 nitrogen and oxygen atoms in total. The summed E-state index contributed by atoms with van der Waals surface area (Å²) in [7, 11) is 0. The van der Waals surface area contributed by atoms with Crippen molar-refractivity contribution in [3.8, 4) is 0 Å². The minimum Gasteiger partial charge on any atom is -0.455 e. The van der Waals surface area contributed by atoms with Gasteiger partial charge in [0.15, 0.2) is 0 Å². The average molecular weight is 209 g/mol. The van der Waals surface area contributed by atoms with Crippen molar-refractivity contribution in [1.29, 1.82) is 0 Å². The van der Waals surface area contributed by atoms with Crippen molar-refractivity contribution < 1.29 is 9.47 Å². The summed E-state index contributed by atoms with van der Waals surface area (Å²) in [5.41, 5.74) is 1.74. The van der Waals surface area contributed by atoms with E-state index in [1.54, 1.807) is 6.08 Å². The summed E-state index contributed by atoms with van der Waals surface area (Å²) in [6.07, 6.45) is 4.32. The molecule has 14 heavy (non-hydrogen) atoms. The van der Waals surface area contributed by atoms with Gasteiger partial charge < -0.3 is 9.47 Å². The van der Waals surface area contributed by atoms with E-state index in [4.69, 9.17) is 21.1 Å². The molecule has 72 valence electrons. The fourth-order valence-corrected chi connectivity index (χ4v) is 1.62. The molecule has 0 spiro atoms. The molecule has 0 bridgehead atoms. The second-order valence-electron chi connectivity index (χ2n) is 2.82.